The van der Waals surface area contributed by atoms with Gasteiger partial charge in [-0.15, -0.1) is 0 Å². The lowest BCUT2D eigenvalue weighted by Crippen LogP contribution is -2.31. The monoisotopic (exact) mass is 413 g/mol. The molecule has 1 heterocycles. The molecule has 2 aromatic carbocycles. The van der Waals surface area contributed by atoms with Crippen molar-refractivity contribution in [1.82, 2.24) is 4.90 Å². The number of likely N-dealkylation sites (tertiary alicyclic amines) is 1. The largest absolute Gasteiger partial charge is 0.507 e. The molecular weight excluding hydrogens is 382 g/mol. The van der Waals surface area contributed by atoms with Gasteiger partial charge < -0.3 is 10.0 Å². The van der Waals surface area contributed by atoms with E-state index in [9.17, 15) is 9.90 Å². The van der Waals surface area contributed by atoms with E-state index >= 15 is 0 Å². The number of aromatic hydroxyl groups is 1. The van der Waals surface area contributed by atoms with Crippen LogP contribution < -0.4 is 0 Å². The van der Waals surface area contributed by atoms with Crippen LogP contribution in [-0.2, 0) is 15.6 Å². The second-order valence-corrected chi connectivity index (χ2v) is 10.5. The number of hydrogen-bond acceptors (Lipinski definition) is 2. The Labute approximate surface area is 179 Å². The summed E-state index contributed by atoms with van der Waals surface area (Å²) in [5.41, 5.74) is 3.45. The minimum Gasteiger partial charge on any atom is -0.507 e. The van der Waals surface area contributed by atoms with Gasteiger partial charge in [-0.05, 0) is 63.8 Å². The van der Waals surface area contributed by atoms with Crippen molar-refractivity contribution in [3.63, 3.8) is 0 Å². The Hall–Kier alpha value is -2.00. The first kappa shape index (κ1) is 21.7. The molecule has 0 saturated carbocycles. The summed E-state index contributed by atoms with van der Waals surface area (Å²) in [5.74, 6) is 0.531. The maximum atomic E-state index is 12.7. The first-order valence-electron chi connectivity index (χ1n) is 10.3. The fourth-order valence-electron chi connectivity index (χ4n) is 4.10. The highest BCUT2D eigenvalue weighted by Gasteiger charge is 2.33. The molecule has 1 amide bonds. The zero-order chi connectivity index (χ0) is 21.6. The van der Waals surface area contributed by atoms with Crippen LogP contribution in [0.4, 0.5) is 0 Å². The van der Waals surface area contributed by atoms with Crippen molar-refractivity contribution in [2.75, 3.05) is 6.54 Å². The van der Waals surface area contributed by atoms with Crippen molar-refractivity contribution in [2.45, 2.75) is 71.3 Å². The predicted octanol–water partition coefficient (Wildman–Crippen LogP) is 6.35. The summed E-state index contributed by atoms with van der Waals surface area (Å²) in [5, 5.41) is 11.8. The summed E-state index contributed by atoms with van der Waals surface area (Å²) in [6.45, 7) is 13.4. The van der Waals surface area contributed by atoms with Crippen molar-refractivity contribution in [2.24, 2.45) is 0 Å². The molecule has 0 aliphatic carbocycles. The van der Waals surface area contributed by atoms with Crippen LogP contribution in [0.2, 0.25) is 5.02 Å². The van der Waals surface area contributed by atoms with Gasteiger partial charge in [0.25, 0.3) is 0 Å². The molecule has 29 heavy (non-hydrogen) atoms. The molecule has 1 saturated heterocycles. The van der Waals surface area contributed by atoms with Crippen molar-refractivity contribution in [3.8, 4) is 5.75 Å². The van der Waals surface area contributed by atoms with Crippen LogP contribution in [0.3, 0.4) is 0 Å². The number of phenols is 1. The highest BCUT2D eigenvalue weighted by atomic mass is 35.5. The third kappa shape index (κ3) is 4.45. The van der Waals surface area contributed by atoms with Crippen molar-refractivity contribution in [1.29, 1.82) is 0 Å². The Kier molecular flexibility index (Phi) is 5.75. The Morgan fingerprint density at radius 1 is 0.931 bits per heavy atom. The maximum Gasteiger partial charge on any atom is 0.223 e. The van der Waals surface area contributed by atoms with Crippen LogP contribution in [0.15, 0.2) is 36.4 Å². The van der Waals surface area contributed by atoms with Crippen molar-refractivity contribution < 1.29 is 9.90 Å². The Morgan fingerprint density at radius 3 is 1.86 bits per heavy atom. The third-order valence-electron chi connectivity index (χ3n) is 5.67. The van der Waals surface area contributed by atoms with E-state index < -0.39 is 0 Å². The van der Waals surface area contributed by atoms with E-state index in [4.69, 9.17) is 11.6 Å². The number of carbonyl (C=O) groups is 1. The molecule has 3 rings (SSSR count). The van der Waals surface area contributed by atoms with Gasteiger partial charge in [0, 0.05) is 18.0 Å². The first-order valence-corrected chi connectivity index (χ1v) is 10.7. The van der Waals surface area contributed by atoms with E-state index in [1.807, 2.05) is 29.2 Å². The minimum atomic E-state index is -0.223. The van der Waals surface area contributed by atoms with Gasteiger partial charge in [0.15, 0.2) is 0 Å². The minimum absolute atomic E-state index is 0.174. The molecule has 0 spiro atoms. The van der Waals surface area contributed by atoms with Gasteiger partial charge in [-0.3, -0.25) is 4.79 Å². The molecule has 156 valence electrons. The number of nitrogens with zero attached hydrogens (tertiary/aromatic N) is 1. The van der Waals surface area contributed by atoms with Crippen molar-refractivity contribution in [3.05, 3.63) is 63.7 Å². The van der Waals surface area contributed by atoms with Crippen LogP contribution in [0, 0.1) is 0 Å². The normalized spacial score (nSPS) is 16.4. The molecule has 2 aromatic rings. The molecule has 0 bridgehead atoms. The molecule has 1 fully saturated rings. The van der Waals surface area contributed by atoms with Gasteiger partial charge in [0.1, 0.15) is 5.75 Å². The zero-order valence-electron chi connectivity index (χ0n) is 18.3. The Bertz CT molecular complexity index is 869. The molecular formula is C25H32ClNO2. The summed E-state index contributed by atoms with van der Waals surface area (Å²) in [6, 6.07) is 11.7. The molecule has 1 aliphatic heterocycles. The second kappa shape index (κ2) is 7.68. The number of phenolic OH excluding ortho intramolecular Hbond substituents is 1. The summed E-state index contributed by atoms with van der Waals surface area (Å²) in [6.07, 6.45) is 1.46. The third-order valence-corrected chi connectivity index (χ3v) is 5.92. The fourth-order valence-corrected chi connectivity index (χ4v) is 4.22. The Morgan fingerprint density at radius 2 is 1.45 bits per heavy atom. The number of halogens is 1. The van der Waals surface area contributed by atoms with Crippen LogP contribution in [0.5, 0.6) is 5.75 Å². The Balaban J connectivity index is 2.27. The van der Waals surface area contributed by atoms with Gasteiger partial charge in [-0.2, -0.15) is 0 Å². The number of hydrogen-bond donors (Lipinski definition) is 1. The second-order valence-electron chi connectivity index (χ2n) is 10.1. The zero-order valence-corrected chi connectivity index (χ0v) is 19.1. The quantitative estimate of drug-likeness (QED) is 0.636. The first-order chi connectivity index (χ1) is 13.4. The van der Waals surface area contributed by atoms with Crippen LogP contribution >= 0.6 is 11.6 Å². The molecule has 4 heteroatoms. The van der Waals surface area contributed by atoms with Gasteiger partial charge >= 0.3 is 0 Å². The summed E-state index contributed by atoms with van der Waals surface area (Å²) in [7, 11) is 0. The topological polar surface area (TPSA) is 40.5 Å². The van der Waals surface area contributed by atoms with E-state index in [0.29, 0.717) is 17.2 Å². The van der Waals surface area contributed by atoms with E-state index in [2.05, 4.69) is 53.7 Å². The summed E-state index contributed by atoms with van der Waals surface area (Å²) >= 11 is 6.13. The van der Waals surface area contributed by atoms with Gasteiger partial charge in [0.2, 0.25) is 5.91 Å². The number of benzene rings is 2. The smallest absolute Gasteiger partial charge is 0.223 e. The predicted molar refractivity (Wildman–Crippen MR) is 120 cm³/mol. The van der Waals surface area contributed by atoms with E-state index in [0.717, 1.165) is 35.2 Å². The molecule has 0 radical (unpaired) electrons. The summed E-state index contributed by atoms with van der Waals surface area (Å²) in [4.78, 5) is 14.7. The van der Waals surface area contributed by atoms with Gasteiger partial charge in [0.05, 0.1) is 6.04 Å². The number of carbonyl (C=O) groups excluding carboxylic acids is 1. The van der Waals surface area contributed by atoms with E-state index in [1.54, 1.807) is 0 Å². The lowest BCUT2D eigenvalue weighted by Gasteiger charge is -2.33. The maximum absolute atomic E-state index is 12.7. The van der Waals surface area contributed by atoms with Crippen molar-refractivity contribution >= 4 is 17.5 Å². The molecule has 1 unspecified atom stereocenters. The van der Waals surface area contributed by atoms with Crippen LogP contribution in [0.25, 0.3) is 0 Å². The molecule has 0 aromatic heterocycles. The highest BCUT2D eigenvalue weighted by Crippen LogP contribution is 2.43. The van der Waals surface area contributed by atoms with E-state index in [1.165, 1.54) is 0 Å². The van der Waals surface area contributed by atoms with E-state index in [-0.39, 0.29) is 22.8 Å². The van der Waals surface area contributed by atoms with Gasteiger partial charge in [-0.1, -0.05) is 65.3 Å². The molecule has 1 N–H and O–H groups in total. The summed E-state index contributed by atoms with van der Waals surface area (Å²) < 4.78 is 0. The lowest BCUT2D eigenvalue weighted by molar-refractivity contribution is -0.129. The molecule has 1 aliphatic rings. The SMILES string of the molecule is CC(C)(C)c1cc(C(c2ccc(Cl)cc2)N2CCCC2=O)cc(C(C)(C)C)c1O. The number of rotatable bonds is 3. The number of amides is 1. The fraction of sp³-hybridized carbons (Fsp3) is 0.480. The molecule has 3 nitrogen and oxygen atoms in total. The highest BCUT2D eigenvalue weighted by molar-refractivity contribution is 6.30. The lowest BCUT2D eigenvalue weighted by atomic mass is 9.77. The average Bonchev–Trinajstić information content (AvgIpc) is 3.01. The standard InChI is InChI=1S/C25H32ClNO2/c1-24(2,3)19-14-17(15-20(23(19)29)25(4,5)6)22(27-13-7-8-21(27)28)16-9-11-18(26)12-10-16/h9-12,14-15,22,29H,7-8,13H2,1-6H3. The van der Waals surface area contributed by atoms with Gasteiger partial charge in [-0.25, -0.2) is 0 Å². The van der Waals surface area contributed by atoms with Crippen LogP contribution in [-0.4, -0.2) is 22.5 Å². The van der Waals surface area contributed by atoms with Crippen LogP contribution in [0.1, 0.15) is 82.7 Å². The molecule has 1 atom stereocenters. The average molecular weight is 414 g/mol.